The number of ether oxygens (including phenoxy) is 2. The maximum atomic E-state index is 11.7. The first-order valence-corrected chi connectivity index (χ1v) is 5.88. The van der Waals surface area contributed by atoms with Crippen molar-refractivity contribution < 1.29 is 20.7 Å². The zero-order chi connectivity index (χ0) is 13.8. The van der Waals surface area contributed by atoms with Crippen molar-refractivity contribution in [3.05, 3.63) is 0 Å². The maximum Gasteiger partial charge on any atom is 0.407 e. The van der Waals surface area contributed by atoms with Crippen molar-refractivity contribution in [3.63, 3.8) is 0 Å². The number of amides is 1. The van der Waals surface area contributed by atoms with E-state index in [2.05, 4.69) is 5.32 Å². The van der Waals surface area contributed by atoms with Gasteiger partial charge in [-0.1, -0.05) is 6.90 Å². The molecule has 0 aromatic carbocycles. The highest BCUT2D eigenvalue weighted by molar-refractivity contribution is 5.68. The summed E-state index contributed by atoms with van der Waals surface area (Å²) in [6.07, 6.45) is -0.705. The average molecular weight is 246 g/mol. The molecule has 0 saturated carbocycles. The lowest BCUT2D eigenvalue weighted by Crippen LogP contribution is -2.54. The molecule has 5 heteroatoms. The molecule has 17 heavy (non-hydrogen) atoms. The predicted octanol–water partition coefficient (Wildman–Crippen LogP) is 1.30. The van der Waals surface area contributed by atoms with Gasteiger partial charge in [0.25, 0.3) is 0 Å². The van der Waals surface area contributed by atoms with Gasteiger partial charge < -0.3 is 19.9 Å². The Hall–Kier alpha value is -0.810. The van der Waals surface area contributed by atoms with Crippen molar-refractivity contribution in [3.8, 4) is 0 Å². The molecular formula is C12H23NO4. The minimum absolute atomic E-state index is 0.0428. The lowest BCUT2D eigenvalue weighted by molar-refractivity contribution is -0.0624. The molecule has 0 aromatic rings. The fourth-order valence-corrected chi connectivity index (χ4v) is 1.78. The monoisotopic (exact) mass is 246 g/mol. The lowest BCUT2D eigenvalue weighted by atomic mass is 9.91. The van der Waals surface area contributed by atoms with E-state index >= 15 is 0 Å². The third-order valence-corrected chi connectivity index (χ3v) is 2.60. The van der Waals surface area contributed by atoms with E-state index in [9.17, 15) is 9.90 Å². The van der Waals surface area contributed by atoms with Crippen LogP contribution in [0.3, 0.4) is 0 Å². The van der Waals surface area contributed by atoms with Crippen molar-refractivity contribution in [1.29, 1.82) is 0 Å². The molecule has 1 saturated heterocycles. The SMILES string of the molecule is [2H]CC[C@@H]1COC[C@H](O)[C@H]1NC(=O)OC(C)(C)C. The first-order chi connectivity index (χ1) is 8.33. The van der Waals surface area contributed by atoms with E-state index in [1.807, 2.05) is 0 Å². The van der Waals surface area contributed by atoms with E-state index in [1.54, 1.807) is 20.8 Å². The number of carbonyl (C=O) groups excluding carboxylic acids is 1. The first-order valence-electron chi connectivity index (χ1n) is 6.59. The fraction of sp³-hybridized carbons (Fsp3) is 0.917. The summed E-state index contributed by atoms with van der Waals surface area (Å²) in [5, 5.41) is 12.5. The molecule has 1 aliphatic heterocycles. The molecule has 0 unspecified atom stereocenters. The molecule has 0 bridgehead atoms. The van der Waals surface area contributed by atoms with Crippen LogP contribution in [0.1, 0.15) is 35.5 Å². The third-order valence-electron chi connectivity index (χ3n) is 2.60. The van der Waals surface area contributed by atoms with E-state index in [0.717, 1.165) is 0 Å². The Kier molecular flexibility index (Phi) is 4.23. The van der Waals surface area contributed by atoms with E-state index in [4.69, 9.17) is 10.8 Å². The van der Waals surface area contributed by atoms with Gasteiger partial charge in [-0.05, 0) is 27.2 Å². The number of nitrogens with one attached hydrogen (secondary N) is 1. The number of rotatable bonds is 2. The maximum absolute atomic E-state index is 11.7. The standard InChI is InChI=1S/C12H23NO4/c1-5-8-6-16-7-9(14)10(8)13-11(15)17-12(2,3)4/h8-10,14H,5-7H2,1-4H3,(H,13,15)/t8-,9+,10+/m1/s1/i1D. The van der Waals surface area contributed by atoms with Crippen molar-refractivity contribution in [2.45, 2.75) is 51.8 Å². The third kappa shape index (κ3) is 4.52. The Morgan fingerprint density at radius 1 is 1.59 bits per heavy atom. The van der Waals surface area contributed by atoms with Crippen molar-refractivity contribution >= 4 is 6.09 Å². The van der Waals surface area contributed by atoms with Crippen LogP contribution >= 0.6 is 0 Å². The number of hydrogen-bond donors (Lipinski definition) is 2. The van der Waals surface area contributed by atoms with Gasteiger partial charge in [0.2, 0.25) is 0 Å². The summed E-state index contributed by atoms with van der Waals surface area (Å²) in [6, 6.07) is -0.404. The van der Waals surface area contributed by atoms with Crippen LogP contribution in [0.5, 0.6) is 0 Å². The molecule has 0 aliphatic carbocycles. The Labute approximate surface area is 104 Å². The van der Waals surface area contributed by atoms with Gasteiger partial charge >= 0.3 is 6.09 Å². The van der Waals surface area contributed by atoms with Gasteiger partial charge in [0.15, 0.2) is 0 Å². The molecule has 0 aromatic heterocycles. The van der Waals surface area contributed by atoms with E-state index in [1.165, 1.54) is 0 Å². The summed E-state index contributed by atoms with van der Waals surface area (Å²) in [5.41, 5.74) is -0.564. The largest absolute Gasteiger partial charge is 0.444 e. The van der Waals surface area contributed by atoms with Crippen LogP contribution in [0, 0.1) is 5.92 Å². The first kappa shape index (κ1) is 12.6. The number of carbonyl (C=O) groups is 1. The van der Waals surface area contributed by atoms with Crippen molar-refractivity contribution in [2.75, 3.05) is 13.2 Å². The van der Waals surface area contributed by atoms with Gasteiger partial charge in [0, 0.05) is 7.29 Å². The predicted molar refractivity (Wildman–Crippen MR) is 63.8 cm³/mol. The number of aliphatic hydroxyl groups excluding tert-OH is 1. The minimum Gasteiger partial charge on any atom is -0.444 e. The summed E-state index contributed by atoms with van der Waals surface area (Å²) in [4.78, 5) is 11.7. The van der Waals surface area contributed by atoms with Crippen molar-refractivity contribution in [1.82, 2.24) is 5.32 Å². The topological polar surface area (TPSA) is 67.8 Å². The molecule has 1 aliphatic rings. The van der Waals surface area contributed by atoms with Crippen LogP contribution in [0.15, 0.2) is 0 Å². The highest BCUT2D eigenvalue weighted by atomic mass is 16.6. The van der Waals surface area contributed by atoms with Gasteiger partial charge in [-0.25, -0.2) is 4.79 Å². The highest BCUT2D eigenvalue weighted by Crippen LogP contribution is 2.19. The molecular weight excluding hydrogens is 222 g/mol. The van der Waals surface area contributed by atoms with Crippen molar-refractivity contribution in [2.24, 2.45) is 5.92 Å². The average Bonchev–Trinajstić information content (AvgIpc) is 2.21. The summed E-state index contributed by atoms with van der Waals surface area (Å²) >= 11 is 0. The van der Waals surface area contributed by atoms with Crippen LogP contribution < -0.4 is 5.32 Å². The number of aliphatic hydroxyl groups is 1. The molecule has 1 amide bonds. The Morgan fingerprint density at radius 2 is 2.29 bits per heavy atom. The second-order valence-corrected chi connectivity index (χ2v) is 5.33. The Morgan fingerprint density at radius 3 is 2.88 bits per heavy atom. The molecule has 1 heterocycles. The van der Waals surface area contributed by atoms with Gasteiger partial charge in [-0.3, -0.25) is 0 Å². The molecule has 1 rings (SSSR count). The van der Waals surface area contributed by atoms with Gasteiger partial charge in [0.05, 0.1) is 25.4 Å². The van der Waals surface area contributed by atoms with Crippen LogP contribution in [0.25, 0.3) is 0 Å². The molecule has 3 atom stereocenters. The Balaban J connectivity index is 2.57. The quantitative estimate of drug-likeness (QED) is 0.770. The fourth-order valence-electron chi connectivity index (χ4n) is 1.78. The van der Waals surface area contributed by atoms with Gasteiger partial charge in [-0.15, -0.1) is 0 Å². The van der Waals surface area contributed by atoms with Gasteiger partial charge in [-0.2, -0.15) is 0 Å². The second-order valence-electron chi connectivity index (χ2n) is 5.33. The normalized spacial score (nSPS) is 30.6. The van der Waals surface area contributed by atoms with Crippen LogP contribution in [-0.4, -0.2) is 42.2 Å². The van der Waals surface area contributed by atoms with E-state index in [-0.39, 0.29) is 19.4 Å². The summed E-state index contributed by atoms with van der Waals surface area (Å²) in [5.74, 6) is -0.0428. The zero-order valence-electron chi connectivity index (χ0n) is 11.7. The number of hydrogen-bond acceptors (Lipinski definition) is 4. The summed E-state index contributed by atoms with van der Waals surface area (Å²) in [6.45, 7) is 6.26. The summed E-state index contributed by atoms with van der Waals surface area (Å²) < 4.78 is 17.6. The van der Waals surface area contributed by atoms with Crippen LogP contribution in [-0.2, 0) is 9.47 Å². The minimum atomic E-state index is -0.747. The van der Waals surface area contributed by atoms with Crippen LogP contribution in [0.2, 0.25) is 0 Å². The molecule has 0 radical (unpaired) electrons. The number of alkyl carbamates (subject to hydrolysis) is 1. The van der Waals surface area contributed by atoms with Crippen LogP contribution in [0.4, 0.5) is 4.79 Å². The molecule has 100 valence electrons. The molecule has 1 fully saturated rings. The van der Waals surface area contributed by atoms with E-state index in [0.29, 0.717) is 13.0 Å². The molecule has 5 nitrogen and oxygen atoms in total. The molecule has 2 N–H and O–H groups in total. The van der Waals surface area contributed by atoms with E-state index < -0.39 is 23.8 Å². The lowest BCUT2D eigenvalue weighted by Gasteiger charge is -2.35. The molecule has 0 spiro atoms. The zero-order valence-corrected chi connectivity index (χ0v) is 10.7. The van der Waals surface area contributed by atoms with Gasteiger partial charge in [0.1, 0.15) is 5.60 Å². The Bertz CT molecular complexity index is 278. The highest BCUT2D eigenvalue weighted by Gasteiger charge is 2.34. The smallest absolute Gasteiger partial charge is 0.407 e. The second kappa shape index (κ2) is 5.69. The summed E-state index contributed by atoms with van der Waals surface area (Å²) in [7, 11) is 0.